The Balaban J connectivity index is 1.93. The van der Waals surface area contributed by atoms with Crippen LogP contribution in [-0.4, -0.2) is 80.5 Å². The summed E-state index contributed by atoms with van der Waals surface area (Å²) in [5.41, 5.74) is 1.01. The van der Waals surface area contributed by atoms with Crippen molar-refractivity contribution in [1.29, 1.82) is 0 Å². The lowest BCUT2D eigenvalue weighted by atomic mass is 10.1. The van der Waals surface area contributed by atoms with Gasteiger partial charge >= 0.3 is 6.03 Å². The van der Waals surface area contributed by atoms with E-state index in [1.807, 2.05) is 18.2 Å². The lowest BCUT2D eigenvalue weighted by Crippen LogP contribution is -2.38. The second kappa shape index (κ2) is 8.07. The Kier molecular flexibility index (Phi) is 6.07. The number of ether oxygens (including phenoxy) is 2. The van der Waals surface area contributed by atoms with E-state index in [4.69, 9.17) is 9.47 Å². The van der Waals surface area contributed by atoms with Crippen LogP contribution in [0.2, 0.25) is 0 Å². The van der Waals surface area contributed by atoms with Crippen LogP contribution in [0.15, 0.2) is 18.2 Å². The number of carbonyl (C=O) groups is 3. The zero-order valence-corrected chi connectivity index (χ0v) is 15.8. The van der Waals surface area contributed by atoms with Crippen LogP contribution in [0, 0.1) is 0 Å². The van der Waals surface area contributed by atoms with Crippen molar-refractivity contribution in [1.82, 2.24) is 14.7 Å². The van der Waals surface area contributed by atoms with Crippen molar-refractivity contribution >= 4 is 17.8 Å². The van der Waals surface area contributed by atoms with Crippen molar-refractivity contribution in [2.75, 3.05) is 41.9 Å². The van der Waals surface area contributed by atoms with Gasteiger partial charge in [0.15, 0.2) is 11.5 Å². The largest absolute Gasteiger partial charge is 0.493 e. The molecular weight excluding hydrogens is 338 g/mol. The number of likely N-dealkylation sites (N-methyl/N-ethyl adjacent to an activating group) is 3. The monoisotopic (exact) mass is 363 g/mol. The van der Waals surface area contributed by atoms with E-state index < -0.39 is 6.04 Å². The van der Waals surface area contributed by atoms with Crippen molar-refractivity contribution in [3.8, 4) is 11.5 Å². The summed E-state index contributed by atoms with van der Waals surface area (Å²) in [5, 5.41) is 0. The molecule has 1 aliphatic rings. The Morgan fingerprint density at radius 1 is 1.15 bits per heavy atom. The molecule has 0 bridgehead atoms. The third-order valence-electron chi connectivity index (χ3n) is 4.65. The first-order valence-electron chi connectivity index (χ1n) is 8.29. The molecule has 142 valence electrons. The summed E-state index contributed by atoms with van der Waals surface area (Å²) in [6.45, 7) is 0.489. The number of benzene rings is 1. The third-order valence-corrected chi connectivity index (χ3v) is 4.65. The fourth-order valence-corrected chi connectivity index (χ4v) is 2.86. The van der Waals surface area contributed by atoms with Gasteiger partial charge in [-0.05, 0) is 24.1 Å². The molecule has 1 aromatic carbocycles. The summed E-state index contributed by atoms with van der Waals surface area (Å²) in [4.78, 5) is 40.2. The van der Waals surface area contributed by atoms with E-state index in [0.29, 0.717) is 24.5 Å². The number of hydrogen-bond donors (Lipinski definition) is 0. The minimum atomic E-state index is -0.733. The molecule has 4 amide bonds. The fourth-order valence-electron chi connectivity index (χ4n) is 2.86. The molecule has 1 fully saturated rings. The summed E-state index contributed by atoms with van der Waals surface area (Å²) in [5.74, 6) is 0.758. The van der Waals surface area contributed by atoms with Crippen molar-refractivity contribution in [2.45, 2.75) is 18.9 Å². The molecule has 0 aromatic heterocycles. The molecule has 0 saturated carbocycles. The van der Waals surface area contributed by atoms with Crippen molar-refractivity contribution in [3.05, 3.63) is 23.8 Å². The van der Waals surface area contributed by atoms with Crippen LogP contribution < -0.4 is 9.47 Å². The second-order valence-electron chi connectivity index (χ2n) is 6.27. The maximum atomic E-state index is 12.4. The number of amides is 4. The molecule has 8 heteroatoms. The lowest BCUT2D eigenvalue weighted by Gasteiger charge is -2.21. The maximum absolute atomic E-state index is 12.4. The van der Waals surface area contributed by atoms with Gasteiger partial charge in [-0.15, -0.1) is 0 Å². The minimum Gasteiger partial charge on any atom is -0.493 e. The highest BCUT2D eigenvalue weighted by atomic mass is 16.5. The van der Waals surface area contributed by atoms with Crippen LogP contribution in [-0.2, 0) is 16.0 Å². The third kappa shape index (κ3) is 3.89. The predicted molar refractivity (Wildman–Crippen MR) is 95.2 cm³/mol. The Morgan fingerprint density at radius 2 is 1.81 bits per heavy atom. The Morgan fingerprint density at radius 3 is 2.35 bits per heavy atom. The zero-order valence-electron chi connectivity index (χ0n) is 15.8. The van der Waals surface area contributed by atoms with Crippen LogP contribution in [0.4, 0.5) is 4.79 Å². The first kappa shape index (κ1) is 19.6. The number of rotatable bonds is 7. The van der Waals surface area contributed by atoms with E-state index in [1.54, 1.807) is 26.2 Å². The van der Waals surface area contributed by atoms with Gasteiger partial charge in [-0.1, -0.05) is 6.07 Å². The highest BCUT2D eigenvalue weighted by Crippen LogP contribution is 2.27. The van der Waals surface area contributed by atoms with Crippen molar-refractivity contribution < 1.29 is 23.9 Å². The highest BCUT2D eigenvalue weighted by Gasteiger charge is 2.42. The Bertz CT molecular complexity index is 706. The quantitative estimate of drug-likeness (QED) is 0.675. The van der Waals surface area contributed by atoms with Crippen LogP contribution in [0.5, 0.6) is 11.5 Å². The summed E-state index contributed by atoms with van der Waals surface area (Å²) >= 11 is 0. The summed E-state index contributed by atoms with van der Waals surface area (Å²) in [7, 11) is 7.80. The maximum Gasteiger partial charge on any atom is 0.326 e. The molecule has 1 aliphatic heterocycles. The average molecular weight is 363 g/mol. The lowest BCUT2D eigenvalue weighted by molar-refractivity contribution is -0.135. The van der Waals surface area contributed by atoms with Gasteiger partial charge in [0.2, 0.25) is 5.91 Å². The average Bonchev–Trinajstić information content (AvgIpc) is 2.83. The molecule has 26 heavy (non-hydrogen) atoms. The first-order valence-corrected chi connectivity index (χ1v) is 8.29. The first-order chi connectivity index (χ1) is 12.3. The van der Waals surface area contributed by atoms with Gasteiger partial charge in [0.1, 0.15) is 6.04 Å². The topological polar surface area (TPSA) is 79.4 Å². The van der Waals surface area contributed by atoms with Crippen LogP contribution >= 0.6 is 0 Å². The van der Waals surface area contributed by atoms with Crippen LogP contribution in [0.3, 0.4) is 0 Å². The van der Waals surface area contributed by atoms with E-state index >= 15 is 0 Å². The number of hydrogen-bond acceptors (Lipinski definition) is 5. The molecule has 0 aliphatic carbocycles. The van der Waals surface area contributed by atoms with Gasteiger partial charge in [-0.3, -0.25) is 14.5 Å². The minimum absolute atomic E-state index is 0.0200. The van der Waals surface area contributed by atoms with Crippen LogP contribution in [0.25, 0.3) is 0 Å². The van der Waals surface area contributed by atoms with E-state index in [1.165, 1.54) is 19.0 Å². The Labute approximate surface area is 153 Å². The number of methoxy groups -OCH3 is 2. The molecule has 1 saturated heterocycles. The number of urea groups is 1. The number of nitrogens with zero attached hydrogens (tertiary/aromatic N) is 3. The zero-order chi connectivity index (χ0) is 19.4. The standard InChI is InChI=1S/C18H25N3O5/c1-19(9-8-12-6-7-14(25-4)15(10-12)26-5)16(22)11-13-17(23)21(3)18(24)20(13)2/h6-7,10,13H,8-9,11H2,1-5H3. The van der Waals surface area contributed by atoms with Gasteiger partial charge < -0.3 is 19.3 Å². The van der Waals surface area contributed by atoms with Crippen molar-refractivity contribution in [2.24, 2.45) is 0 Å². The molecule has 0 N–H and O–H groups in total. The summed E-state index contributed by atoms with van der Waals surface area (Å²) < 4.78 is 10.5. The van der Waals surface area contributed by atoms with Gasteiger partial charge in [-0.2, -0.15) is 0 Å². The molecule has 1 atom stereocenters. The molecule has 8 nitrogen and oxygen atoms in total. The SMILES string of the molecule is COc1ccc(CCN(C)C(=O)CC2C(=O)N(C)C(=O)N2C)cc1OC. The van der Waals surface area contributed by atoms with Gasteiger partial charge in [0, 0.05) is 27.7 Å². The van der Waals surface area contributed by atoms with E-state index in [9.17, 15) is 14.4 Å². The molecule has 0 spiro atoms. The molecule has 1 aromatic rings. The Hall–Kier alpha value is -2.77. The van der Waals surface area contributed by atoms with Gasteiger partial charge in [0.25, 0.3) is 5.91 Å². The number of imide groups is 1. The molecule has 1 heterocycles. The van der Waals surface area contributed by atoms with Crippen LogP contribution in [0.1, 0.15) is 12.0 Å². The second-order valence-corrected chi connectivity index (χ2v) is 6.27. The highest BCUT2D eigenvalue weighted by molar-refractivity contribution is 6.05. The van der Waals surface area contributed by atoms with Crippen molar-refractivity contribution in [3.63, 3.8) is 0 Å². The summed E-state index contributed by atoms with van der Waals surface area (Å²) in [6, 6.07) is 4.49. The molecule has 1 unspecified atom stereocenters. The number of carbonyl (C=O) groups excluding carboxylic acids is 3. The molecule has 0 radical (unpaired) electrons. The normalized spacial score (nSPS) is 16.9. The predicted octanol–water partition coefficient (Wildman–Crippen LogP) is 0.987. The van der Waals surface area contributed by atoms with E-state index in [0.717, 1.165) is 10.5 Å². The summed E-state index contributed by atoms with van der Waals surface area (Å²) in [6.07, 6.45) is 0.615. The van der Waals surface area contributed by atoms with E-state index in [2.05, 4.69) is 0 Å². The molecule has 2 rings (SSSR count). The van der Waals surface area contributed by atoms with Gasteiger partial charge in [0.05, 0.1) is 20.6 Å². The fraction of sp³-hybridized carbons (Fsp3) is 0.500. The van der Waals surface area contributed by atoms with E-state index in [-0.39, 0.29) is 24.3 Å². The molecular formula is C18H25N3O5. The van der Waals surface area contributed by atoms with Gasteiger partial charge in [-0.25, -0.2) is 4.79 Å². The smallest absolute Gasteiger partial charge is 0.326 e.